The lowest BCUT2D eigenvalue weighted by Crippen LogP contribution is -2.29. The van der Waals surface area contributed by atoms with Crippen LogP contribution < -0.4 is 9.47 Å². The molecular weight excluding hydrogens is 446 g/mol. The maximum Gasteiger partial charge on any atom is 0.296 e. The van der Waals surface area contributed by atoms with Gasteiger partial charge < -0.3 is 23.9 Å². The number of amides is 1. The smallest absolute Gasteiger partial charge is 0.296 e. The van der Waals surface area contributed by atoms with Gasteiger partial charge in [0.05, 0.1) is 37.6 Å². The Labute approximate surface area is 204 Å². The van der Waals surface area contributed by atoms with Gasteiger partial charge in [0.25, 0.3) is 11.7 Å². The zero-order valence-electron chi connectivity index (χ0n) is 19.9. The molecule has 1 aromatic heterocycles. The highest BCUT2D eigenvalue weighted by Crippen LogP contribution is 2.41. The monoisotopic (exact) mass is 475 g/mol. The van der Waals surface area contributed by atoms with Crippen LogP contribution in [0.2, 0.25) is 0 Å². The number of hydrogen-bond acceptors (Lipinski definition) is 6. The Morgan fingerprint density at radius 1 is 0.943 bits per heavy atom. The standard InChI is InChI=1S/C28H29NO6/c1-3-14-33-21-12-10-19(11-13-21)25-24(26(30)20-7-5-8-22(17-20)34-15-4-2)27(31)28(32)29(25)18-23-9-6-16-35-23/h5-13,16-17,25,30H,3-4,14-15,18H2,1-2H3/b26-24+. The van der Waals surface area contributed by atoms with E-state index in [1.54, 1.807) is 48.5 Å². The number of carbonyl (C=O) groups is 2. The number of ether oxygens (including phenoxy) is 2. The van der Waals surface area contributed by atoms with E-state index in [0.29, 0.717) is 41.6 Å². The minimum atomic E-state index is -0.791. The van der Waals surface area contributed by atoms with E-state index in [9.17, 15) is 14.7 Å². The summed E-state index contributed by atoms with van der Waals surface area (Å²) in [6.45, 7) is 5.24. The molecule has 35 heavy (non-hydrogen) atoms. The second-order valence-corrected chi connectivity index (χ2v) is 8.30. The number of nitrogens with zero attached hydrogens (tertiary/aromatic N) is 1. The molecule has 2 heterocycles. The largest absolute Gasteiger partial charge is 0.507 e. The van der Waals surface area contributed by atoms with Gasteiger partial charge in [-0.2, -0.15) is 0 Å². The number of ketones is 1. The van der Waals surface area contributed by atoms with Gasteiger partial charge in [0, 0.05) is 5.56 Å². The highest BCUT2D eigenvalue weighted by atomic mass is 16.5. The fourth-order valence-corrected chi connectivity index (χ4v) is 4.03. The second-order valence-electron chi connectivity index (χ2n) is 8.30. The molecule has 7 heteroatoms. The maximum atomic E-state index is 13.2. The van der Waals surface area contributed by atoms with Crippen LogP contribution >= 0.6 is 0 Å². The number of Topliss-reactive ketones (excluding diaryl/α,β-unsaturated/α-hetero) is 1. The number of aliphatic hydroxyl groups excluding tert-OH is 1. The zero-order chi connectivity index (χ0) is 24.8. The van der Waals surface area contributed by atoms with Crippen molar-refractivity contribution in [3.05, 3.63) is 89.4 Å². The van der Waals surface area contributed by atoms with Crippen LogP contribution in [0.3, 0.4) is 0 Å². The Morgan fingerprint density at radius 2 is 1.66 bits per heavy atom. The van der Waals surface area contributed by atoms with Gasteiger partial charge in [-0.25, -0.2) is 0 Å². The third-order valence-electron chi connectivity index (χ3n) is 5.70. The van der Waals surface area contributed by atoms with Gasteiger partial charge in [-0.05, 0) is 54.8 Å². The van der Waals surface area contributed by atoms with Gasteiger partial charge in [-0.1, -0.05) is 38.1 Å². The summed E-state index contributed by atoms with van der Waals surface area (Å²) in [6, 6.07) is 16.8. The maximum absolute atomic E-state index is 13.2. The topological polar surface area (TPSA) is 89.2 Å². The predicted molar refractivity (Wildman–Crippen MR) is 131 cm³/mol. The highest BCUT2D eigenvalue weighted by Gasteiger charge is 2.46. The van der Waals surface area contributed by atoms with Gasteiger partial charge >= 0.3 is 0 Å². The Hall–Kier alpha value is -4.00. The summed E-state index contributed by atoms with van der Waals surface area (Å²) >= 11 is 0. The van der Waals surface area contributed by atoms with Crippen molar-refractivity contribution in [3.63, 3.8) is 0 Å². The fraction of sp³-hybridized carbons (Fsp3) is 0.286. The number of carbonyl (C=O) groups excluding carboxylic acids is 2. The molecule has 1 saturated heterocycles. The summed E-state index contributed by atoms with van der Waals surface area (Å²) in [5.74, 6) is 0.121. The average Bonchev–Trinajstić information content (AvgIpc) is 3.49. The molecule has 2 aromatic carbocycles. The molecule has 1 amide bonds. The van der Waals surface area contributed by atoms with E-state index in [1.165, 1.54) is 11.2 Å². The van der Waals surface area contributed by atoms with E-state index in [4.69, 9.17) is 13.9 Å². The molecule has 0 radical (unpaired) electrons. The van der Waals surface area contributed by atoms with Crippen molar-refractivity contribution in [1.82, 2.24) is 4.90 Å². The third kappa shape index (κ3) is 5.24. The molecule has 1 aliphatic heterocycles. The van der Waals surface area contributed by atoms with Crippen LogP contribution in [0.25, 0.3) is 5.76 Å². The second kappa shape index (κ2) is 11.0. The molecule has 182 valence electrons. The van der Waals surface area contributed by atoms with E-state index in [1.807, 2.05) is 26.0 Å². The lowest BCUT2D eigenvalue weighted by molar-refractivity contribution is -0.140. The molecule has 0 saturated carbocycles. The van der Waals surface area contributed by atoms with Crippen LogP contribution in [0, 0.1) is 0 Å². The average molecular weight is 476 g/mol. The van der Waals surface area contributed by atoms with Crippen molar-refractivity contribution in [2.45, 2.75) is 39.3 Å². The fourth-order valence-electron chi connectivity index (χ4n) is 4.03. The quantitative estimate of drug-likeness (QED) is 0.237. The highest BCUT2D eigenvalue weighted by molar-refractivity contribution is 6.46. The van der Waals surface area contributed by atoms with Crippen molar-refractivity contribution >= 4 is 17.4 Å². The van der Waals surface area contributed by atoms with E-state index in [2.05, 4.69) is 0 Å². The molecule has 0 spiro atoms. The van der Waals surface area contributed by atoms with Gasteiger partial charge in [0.2, 0.25) is 0 Å². The van der Waals surface area contributed by atoms with Crippen LogP contribution in [0.4, 0.5) is 0 Å². The summed E-state index contributed by atoms with van der Waals surface area (Å²) < 4.78 is 16.8. The first-order valence-corrected chi connectivity index (χ1v) is 11.8. The predicted octanol–water partition coefficient (Wildman–Crippen LogP) is 5.48. The third-order valence-corrected chi connectivity index (χ3v) is 5.70. The number of likely N-dealkylation sites (tertiary alicyclic amines) is 1. The van der Waals surface area contributed by atoms with Gasteiger partial charge in [-0.3, -0.25) is 9.59 Å². The molecule has 1 aliphatic rings. The summed E-state index contributed by atoms with van der Waals surface area (Å²) in [5.41, 5.74) is 1.11. The van der Waals surface area contributed by atoms with Crippen LogP contribution in [-0.4, -0.2) is 34.9 Å². The minimum absolute atomic E-state index is 0.0245. The summed E-state index contributed by atoms with van der Waals surface area (Å²) in [6.07, 6.45) is 3.24. The van der Waals surface area contributed by atoms with Crippen LogP contribution in [0.15, 0.2) is 76.9 Å². The van der Waals surface area contributed by atoms with Gasteiger partial charge in [0.1, 0.15) is 23.0 Å². The Kier molecular flexibility index (Phi) is 7.55. The number of benzene rings is 2. The first-order valence-electron chi connectivity index (χ1n) is 11.8. The lowest BCUT2D eigenvalue weighted by atomic mass is 9.95. The molecule has 3 aromatic rings. The number of rotatable bonds is 10. The molecule has 0 bridgehead atoms. The van der Waals surface area contributed by atoms with E-state index in [0.717, 1.165) is 12.8 Å². The van der Waals surface area contributed by atoms with Crippen molar-refractivity contribution in [3.8, 4) is 11.5 Å². The van der Waals surface area contributed by atoms with E-state index >= 15 is 0 Å². The molecule has 1 atom stereocenters. The number of aliphatic hydroxyl groups is 1. The number of furan rings is 1. The molecule has 1 unspecified atom stereocenters. The Balaban J connectivity index is 1.77. The van der Waals surface area contributed by atoms with Crippen molar-refractivity contribution in [2.24, 2.45) is 0 Å². The summed E-state index contributed by atoms with van der Waals surface area (Å²) in [5, 5.41) is 11.3. The summed E-state index contributed by atoms with van der Waals surface area (Å²) in [4.78, 5) is 27.8. The number of hydrogen-bond donors (Lipinski definition) is 1. The van der Waals surface area contributed by atoms with Crippen molar-refractivity contribution in [1.29, 1.82) is 0 Å². The molecule has 1 fully saturated rings. The molecule has 4 rings (SSSR count). The molecular formula is C28H29NO6. The van der Waals surface area contributed by atoms with Crippen LogP contribution in [0.5, 0.6) is 11.5 Å². The van der Waals surface area contributed by atoms with Crippen LogP contribution in [-0.2, 0) is 16.1 Å². The van der Waals surface area contributed by atoms with Gasteiger partial charge in [-0.15, -0.1) is 0 Å². The first kappa shape index (κ1) is 24.1. The van der Waals surface area contributed by atoms with Gasteiger partial charge in [0.15, 0.2) is 0 Å². The van der Waals surface area contributed by atoms with E-state index < -0.39 is 17.7 Å². The Morgan fingerprint density at radius 3 is 2.31 bits per heavy atom. The lowest BCUT2D eigenvalue weighted by Gasteiger charge is -2.24. The molecule has 7 nitrogen and oxygen atoms in total. The SMILES string of the molecule is CCCOc1ccc(C2/C(=C(\O)c3cccc(OCCC)c3)C(=O)C(=O)N2Cc2ccco2)cc1. The summed E-state index contributed by atoms with van der Waals surface area (Å²) in [7, 11) is 0. The zero-order valence-corrected chi connectivity index (χ0v) is 19.9. The van der Waals surface area contributed by atoms with Crippen LogP contribution in [0.1, 0.15) is 49.6 Å². The molecule has 1 N–H and O–H groups in total. The minimum Gasteiger partial charge on any atom is -0.507 e. The molecule has 0 aliphatic carbocycles. The first-order chi connectivity index (χ1) is 17.0. The Bertz CT molecular complexity index is 1200. The van der Waals surface area contributed by atoms with Crippen molar-refractivity contribution in [2.75, 3.05) is 13.2 Å². The van der Waals surface area contributed by atoms with E-state index in [-0.39, 0.29) is 17.9 Å². The normalized spacial score (nSPS) is 17.1. The van der Waals surface area contributed by atoms with Crippen molar-refractivity contribution < 1.29 is 28.6 Å².